The molecule has 4 heteroatoms. The van der Waals surface area contributed by atoms with Crippen LogP contribution < -0.4 is 9.47 Å². The standard InChI is InChI=1S/C18H24ClNO2/c1-3-14(4-2)18(13-20,10-7-11-19)17-12-21-15-8-5-6-9-16(15)22-17/h5-6,8-9,14,17H,3-4,7,10-12H2,1-2H3. The zero-order chi connectivity index (χ0) is 16.0. The number of halogens is 1. The molecule has 0 aliphatic carbocycles. The number of fused-ring (bicyclic) bond motifs is 1. The summed E-state index contributed by atoms with van der Waals surface area (Å²) in [7, 11) is 0. The van der Waals surface area contributed by atoms with Crippen molar-refractivity contribution < 1.29 is 9.47 Å². The van der Waals surface area contributed by atoms with E-state index in [9.17, 15) is 5.26 Å². The average molecular weight is 322 g/mol. The predicted octanol–water partition coefficient (Wildman–Crippen LogP) is 4.79. The maximum Gasteiger partial charge on any atom is 0.161 e. The summed E-state index contributed by atoms with van der Waals surface area (Å²) >= 11 is 5.89. The van der Waals surface area contributed by atoms with Crippen molar-refractivity contribution in [2.45, 2.75) is 45.6 Å². The van der Waals surface area contributed by atoms with Crippen LogP contribution in [0.4, 0.5) is 0 Å². The molecule has 1 aliphatic heterocycles. The highest BCUT2D eigenvalue weighted by Gasteiger charge is 2.47. The van der Waals surface area contributed by atoms with Gasteiger partial charge in [0.15, 0.2) is 17.6 Å². The van der Waals surface area contributed by atoms with E-state index in [4.69, 9.17) is 21.1 Å². The second kappa shape index (κ2) is 7.74. The molecule has 0 amide bonds. The number of hydrogen-bond acceptors (Lipinski definition) is 3. The van der Waals surface area contributed by atoms with Gasteiger partial charge in [-0.3, -0.25) is 0 Å². The third-order valence-corrected chi connectivity index (χ3v) is 5.00. The number of para-hydroxylation sites is 2. The Morgan fingerprint density at radius 3 is 2.59 bits per heavy atom. The van der Waals surface area contributed by atoms with Gasteiger partial charge in [-0.15, -0.1) is 11.6 Å². The van der Waals surface area contributed by atoms with E-state index in [2.05, 4.69) is 19.9 Å². The monoisotopic (exact) mass is 321 g/mol. The number of hydrogen-bond donors (Lipinski definition) is 0. The largest absolute Gasteiger partial charge is 0.486 e. The lowest BCUT2D eigenvalue weighted by atomic mass is 9.67. The Morgan fingerprint density at radius 1 is 1.32 bits per heavy atom. The number of ether oxygens (including phenoxy) is 2. The van der Waals surface area contributed by atoms with Gasteiger partial charge in [0.2, 0.25) is 0 Å². The van der Waals surface area contributed by atoms with Crippen molar-refractivity contribution in [3.8, 4) is 17.6 Å². The summed E-state index contributed by atoms with van der Waals surface area (Å²) in [6.45, 7) is 4.69. The van der Waals surface area contributed by atoms with E-state index in [0.29, 0.717) is 12.5 Å². The molecular weight excluding hydrogens is 298 g/mol. The number of alkyl halides is 1. The van der Waals surface area contributed by atoms with Crippen molar-refractivity contribution >= 4 is 11.6 Å². The molecule has 1 aliphatic rings. The van der Waals surface area contributed by atoms with Gasteiger partial charge in [0, 0.05) is 5.88 Å². The quantitative estimate of drug-likeness (QED) is 0.678. The second-order valence-corrected chi connectivity index (χ2v) is 6.20. The third-order valence-electron chi connectivity index (χ3n) is 4.73. The van der Waals surface area contributed by atoms with Gasteiger partial charge in [0.1, 0.15) is 12.0 Å². The average Bonchev–Trinajstić information content (AvgIpc) is 2.58. The van der Waals surface area contributed by atoms with Crippen molar-refractivity contribution in [2.75, 3.05) is 12.5 Å². The highest BCUT2D eigenvalue weighted by Crippen LogP contribution is 2.45. The fraction of sp³-hybridized carbons (Fsp3) is 0.611. The molecule has 0 spiro atoms. The molecular formula is C18H24ClNO2. The first-order chi connectivity index (χ1) is 10.7. The molecule has 0 N–H and O–H groups in total. The summed E-state index contributed by atoms with van der Waals surface area (Å²) in [6.07, 6.45) is 3.21. The van der Waals surface area contributed by atoms with Crippen LogP contribution in [0, 0.1) is 22.7 Å². The van der Waals surface area contributed by atoms with Crippen molar-refractivity contribution in [1.29, 1.82) is 5.26 Å². The molecule has 22 heavy (non-hydrogen) atoms. The minimum absolute atomic E-state index is 0.250. The Hall–Kier alpha value is -1.40. The molecule has 0 fully saturated rings. The van der Waals surface area contributed by atoms with Gasteiger partial charge in [-0.05, 0) is 30.9 Å². The Balaban J connectivity index is 2.31. The molecule has 0 saturated carbocycles. The lowest BCUT2D eigenvalue weighted by Crippen LogP contribution is -2.48. The van der Waals surface area contributed by atoms with Crippen LogP contribution in [-0.4, -0.2) is 18.6 Å². The van der Waals surface area contributed by atoms with Crippen LogP contribution in [0.25, 0.3) is 0 Å². The van der Waals surface area contributed by atoms with Gasteiger partial charge in [-0.1, -0.05) is 38.8 Å². The summed E-state index contributed by atoms with van der Waals surface area (Å²) in [4.78, 5) is 0. The van der Waals surface area contributed by atoms with Gasteiger partial charge < -0.3 is 9.47 Å². The third kappa shape index (κ3) is 3.17. The maximum atomic E-state index is 10.0. The fourth-order valence-electron chi connectivity index (χ4n) is 3.50. The van der Waals surface area contributed by atoms with Crippen LogP contribution in [0.1, 0.15) is 39.5 Å². The van der Waals surface area contributed by atoms with Crippen LogP contribution in [0.15, 0.2) is 24.3 Å². The minimum atomic E-state index is -0.550. The van der Waals surface area contributed by atoms with Gasteiger partial charge in [-0.2, -0.15) is 5.26 Å². The van der Waals surface area contributed by atoms with E-state index in [0.717, 1.165) is 37.2 Å². The lowest BCUT2D eigenvalue weighted by Gasteiger charge is -2.42. The first-order valence-corrected chi connectivity index (χ1v) is 8.61. The zero-order valence-electron chi connectivity index (χ0n) is 13.3. The molecule has 1 aromatic carbocycles. The van der Waals surface area contributed by atoms with Gasteiger partial charge in [0.25, 0.3) is 0 Å². The normalized spacial score (nSPS) is 19.5. The Kier molecular flexibility index (Phi) is 5.97. The molecule has 3 nitrogen and oxygen atoms in total. The van der Waals surface area contributed by atoms with E-state index in [1.165, 1.54) is 0 Å². The molecule has 1 heterocycles. The van der Waals surface area contributed by atoms with E-state index >= 15 is 0 Å². The highest BCUT2D eigenvalue weighted by molar-refractivity contribution is 6.17. The molecule has 2 rings (SSSR count). The molecule has 1 aromatic rings. The number of nitrogens with zero attached hydrogens (tertiary/aromatic N) is 1. The number of nitriles is 1. The minimum Gasteiger partial charge on any atom is -0.486 e. The topological polar surface area (TPSA) is 42.2 Å². The molecule has 0 saturated heterocycles. The Labute approximate surface area is 138 Å². The molecule has 0 bridgehead atoms. The molecule has 0 radical (unpaired) electrons. The van der Waals surface area contributed by atoms with E-state index in [-0.39, 0.29) is 12.0 Å². The van der Waals surface area contributed by atoms with Crippen LogP contribution >= 0.6 is 11.6 Å². The van der Waals surface area contributed by atoms with Crippen molar-refractivity contribution in [3.05, 3.63) is 24.3 Å². The first kappa shape index (κ1) is 17.0. The zero-order valence-corrected chi connectivity index (χ0v) is 14.1. The molecule has 0 aromatic heterocycles. The maximum absolute atomic E-state index is 10.0. The van der Waals surface area contributed by atoms with Crippen LogP contribution in [0.5, 0.6) is 11.5 Å². The first-order valence-electron chi connectivity index (χ1n) is 8.07. The summed E-state index contributed by atoms with van der Waals surface area (Å²) in [5.41, 5.74) is -0.550. The smallest absolute Gasteiger partial charge is 0.161 e. The van der Waals surface area contributed by atoms with Crippen molar-refractivity contribution in [3.63, 3.8) is 0 Å². The number of benzene rings is 1. The van der Waals surface area contributed by atoms with Crippen LogP contribution in [0.3, 0.4) is 0 Å². The highest BCUT2D eigenvalue weighted by atomic mass is 35.5. The van der Waals surface area contributed by atoms with Crippen LogP contribution in [0.2, 0.25) is 0 Å². The van der Waals surface area contributed by atoms with Crippen molar-refractivity contribution in [1.82, 2.24) is 0 Å². The second-order valence-electron chi connectivity index (χ2n) is 5.82. The van der Waals surface area contributed by atoms with E-state index in [1.807, 2.05) is 24.3 Å². The Morgan fingerprint density at radius 2 is 2.00 bits per heavy atom. The van der Waals surface area contributed by atoms with Crippen molar-refractivity contribution in [2.24, 2.45) is 11.3 Å². The molecule has 120 valence electrons. The Bertz CT molecular complexity index is 524. The summed E-state index contributed by atoms with van der Waals surface area (Å²) < 4.78 is 12.0. The van der Waals surface area contributed by atoms with E-state index in [1.54, 1.807) is 0 Å². The molecule has 2 unspecified atom stereocenters. The van der Waals surface area contributed by atoms with Crippen LogP contribution in [-0.2, 0) is 0 Å². The fourth-order valence-corrected chi connectivity index (χ4v) is 3.63. The SMILES string of the molecule is CCC(CC)C(C#N)(CCCCl)C1COc2ccccc2O1. The summed E-state index contributed by atoms with van der Waals surface area (Å²) in [5, 5.41) is 10.0. The van der Waals surface area contributed by atoms with Gasteiger partial charge in [0.05, 0.1) is 6.07 Å². The van der Waals surface area contributed by atoms with Gasteiger partial charge >= 0.3 is 0 Å². The lowest BCUT2D eigenvalue weighted by molar-refractivity contribution is -0.0199. The molecule has 2 atom stereocenters. The summed E-state index contributed by atoms with van der Waals surface area (Å²) in [5.74, 6) is 2.33. The van der Waals surface area contributed by atoms with Gasteiger partial charge in [-0.25, -0.2) is 0 Å². The summed E-state index contributed by atoms with van der Waals surface area (Å²) in [6, 6.07) is 10.2. The number of rotatable bonds is 7. The van der Waals surface area contributed by atoms with E-state index < -0.39 is 5.41 Å². The predicted molar refractivity (Wildman–Crippen MR) is 88.4 cm³/mol.